The molecule has 4 heterocycles. The van der Waals surface area contributed by atoms with Crippen LogP contribution in [0.2, 0.25) is 0 Å². The number of nitrogens with one attached hydrogen (secondary N) is 2. The number of imidazole rings is 1. The van der Waals surface area contributed by atoms with Gasteiger partial charge in [0.25, 0.3) is 0 Å². The summed E-state index contributed by atoms with van der Waals surface area (Å²) >= 11 is 0. The van der Waals surface area contributed by atoms with E-state index in [0.717, 1.165) is 41.4 Å². The van der Waals surface area contributed by atoms with Gasteiger partial charge in [0.1, 0.15) is 5.82 Å². The SMILES string of the molecule is Cc1cccc(C=NNc2nc(N3CCOCC3)c3nc(-c4ccncc4)[nH]c3n2)c1. The van der Waals surface area contributed by atoms with Gasteiger partial charge in [0.05, 0.1) is 19.4 Å². The third-order valence-corrected chi connectivity index (χ3v) is 5.01. The summed E-state index contributed by atoms with van der Waals surface area (Å²) in [6.45, 7) is 4.85. The molecule has 0 saturated carbocycles. The Morgan fingerprint density at radius 3 is 2.74 bits per heavy atom. The molecule has 0 amide bonds. The lowest BCUT2D eigenvalue weighted by molar-refractivity contribution is 0.122. The molecule has 0 spiro atoms. The van der Waals surface area contributed by atoms with Crippen molar-refractivity contribution < 1.29 is 4.74 Å². The molecule has 2 N–H and O–H groups in total. The molecule has 9 nitrogen and oxygen atoms in total. The molecule has 1 aliphatic rings. The van der Waals surface area contributed by atoms with Crippen LogP contribution in [0.3, 0.4) is 0 Å². The van der Waals surface area contributed by atoms with Crippen molar-refractivity contribution in [3.05, 3.63) is 59.9 Å². The maximum absolute atomic E-state index is 5.50. The number of hydrogen-bond donors (Lipinski definition) is 2. The summed E-state index contributed by atoms with van der Waals surface area (Å²) in [5.74, 6) is 1.89. The molecule has 156 valence electrons. The van der Waals surface area contributed by atoms with E-state index < -0.39 is 0 Å². The largest absolute Gasteiger partial charge is 0.378 e. The summed E-state index contributed by atoms with van der Waals surface area (Å²) in [4.78, 5) is 23.6. The number of nitrogens with zero attached hydrogens (tertiary/aromatic N) is 6. The summed E-state index contributed by atoms with van der Waals surface area (Å²) < 4.78 is 5.50. The Morgan fingerprint density at radius 2 is 1.94 bits per heavy atom. The Balaban J connectivity index is 1.50. The zero-order valence-electron chi connectivity index (χ0n) is 17.1. The number of fused-ring (bicyclic) bond motifs is 1. The van der Waals surface area contributed by atoms with E-state index in [4.69, 9.17) is 14.7 Å². The van der Waals surface area contributed by atoms with E-state index in [0.29, 0.717) is 24.8 Å². The Hall–Kier alpha value is -3.85. The zero-order chi connectivity index (χ0) is 21.0. The molecular weight excluding hydrogens is 392 g/mol. The number of morpholine rings is 1. The van der Waals surface area contributed by atoms with Crippen molar-refractivity contribution in [2.24, 2.45) is 5.10 Å². The van der Waals surface area contributed by atoms with Crippen LogP contribution in [0.25, 0.3) is 22.6 Å². The minimum Gasteiger partial charge on any atom is -0.378 e. The van der Waals surface area contributed by atoms with Crippen LogP contribution in [-0.4, -0.2) is 57.4 Å². The average molecular weight is 414 g/mol. The van der Waals surface area contributed by atoms with Gasteiger partial charge in [0.2, 0.25) is 5.95 Å². The summed E-state index contributed by atoms with van der Waals surface area (Å²) in [6, 6.07) is 11.9. The molecule has 4 aromatic rings. The maximum atomic E-state index is 5.50. The summed E-state index contributed by atoms with van der Waals surface area (Å²) in [5, 5.41) is 4.33. The maximum Gasteiger partial charge on any atom is 0.247 e. The first-order chi connectivity index (χ1) is 15.3. The molecule has 1 aromatic carbocycles. The fourth-order valence-corrected chi connectivity index (χ4v) is 3.49. The number of ether oxygens (including phenoxy) is 1. The molecule has 1 saturated heterocycles. The lowest BCUT2D eigenvalue weighted by Gasteiger charge is -2.27. The van der Waals surface area contributed by atoms with Crippen LogP contribution in [0.4, 0.5) is 11.8 Å². The molecular formula is C22H22N8O. The molecule has 9 heteroatoms. The van der Waals surface area contributed by atoms with E-state index in [1.54, 1.807) is 18.6 Å². The summed E-state index contributed by atoms with van der Waals surface area (Å²) in [7, 11) is 0. The number of rotatable bonds is 5. The molecule has 31 heavy (non-hydrogen) atoms. The second-order valence-electron chi connectivity index (χ2n) is 7.27. The number of benzene rings is 1. The van der Waals surface area contributed by atoms with Crippen molar-refractivity contribution in [3.8, 4) is 11.4 Å². The highest BCUT2D eigenvalue weighted by atomic mass is 16.5. The van der Waals surface area contributed by atoms with E-state index in [-0.39, 0.29) is 0 Å². The first-order valence-electron chi connectivity index (χ1n) is 10.1. The smallest absolute Gasteiger partial charge is 0.247 e. The van der Waals surface area contributed by atoms with E-state index >= 15 is 0 Å². The Bertz CT molecular complexity index is 1210. The third-order valence-electron chi connectivity index (χ3n) is 5.01. The van der Waals surface area contributed by atoms with Crippen molar-refractivity contribution >= 4 is 29.1 Å². The van der Waals surface area contributed by atoms with Crippen LogP contribution in [0.1, 0.15) is 11.1 Å². The number of aromatic nitrogens is 5. The van der Waals surface area contributed by atoms with Crippen molar-refractivity contribution in [3.63, 3.8) is 0 Å². The molecule has 1 aliphatic heterocycles. The minimum absolute atomic E-state index is 0.405. The van der Waals surface area contributed by atoms with Crippen LogP contribution >= 0.6 is 0 Å². The molecule has 1 fully saturated rings. The van der Waals surface area contributed by atoms with E-state index in [1.807, 2.05) is 24.3 Å². The van der Waals surface area contributed by atoms with Gasteiger partial charge in [-0.1, -0.05) is 29.8 Å². The lowest BCUT2D eigenvalue weighted by atomic mass is 10.2. The number of aryl methyl sites for hydroxylation is 1. The third kappa shape index (κ3) is 4.22. The van der Waals surface area contributed by atoms with Gasteiger partial charge in [-0.05, 0) is 24.6 Å². The lowest BCUT2D eigenvalue weighted by Crippen LogP contribution is -2.37. The number of hydrogen-bond acceptors (Lipinski definition) is 8. The molecule has 3 aromatic heterocycles. The van der Waals surface area contributed by atoms with Crippen molar-refractivity contribution in [2.75, 3.05) is 36.6 Å². The highest BCUT2D eigenvalue weighted by molar-refractivity contribution is 5.87. The predicted molar refractivity (Wildman–Crippen MR) is 120 cm³/mol. The summed E-state index contributed by atoms with van der Waals surface area (Å²) in [6.07, 6.45) is 5.23. The number of anilines is 2. The molecule has 0 aliphatic carbocycles. The second kappa shape index (κ2) is 8.49. The standard InChI is InChI=1S/C22H22N8O/c1-15-3-2-4-16(13-15)14-24-29-22-27-20-18(21(28-22)30-9-11-31-12-10-30)25-19(26-20)17-5-7-23-8-6-17/h2-8,13-14H,9-12H2,1H3,(H2,25,26,27,28,29). The first-order valence-corrected chi connectivity index (χ1v) is 10.1. The van der Waals surface area contributed by atoms with Crippen LogP contribution < -0.4 is 10.3 Å². The van der Waals surface area contributed by atoms with Crippen molar-refractivity contribution in [1.82, 2.24) is 24.9 Å². The normalized spacial score (nSPS) is 14.4. The van der Waals surface area contributed by atoms with Crippen LogP contribution in [0.5, 0.6) is 0 Å². The Kier molecular flexibility index (Phi) is 5.24. The highest BCUT2D eigenvalue weighted by Crippen LogP contribution is 2.27. The number of hydrazone groups is 1. The average Bonchev–Trinajstić information content (AvgIpc) is 3.24. The molecule has 5 rings (SSSR count). The van der Waals surface area contributed by atoms with Crippen LogP contribution in [0, 0.1) is 6.92 Å². The van der Waals surface area contributed by atoms with Crippen LogP contribution in [0.15, 0.2) is 53.9 Å². The predicted octanol–water partition coefficient (Wildman–Crippen LogP) is 3.01. The molecule has 0 radical (unpaired) electrons. The monoisotopic (exact) mass is 414 g/mol. The highest BCUT2D eigenvalue weighted by Gasteiger charge is 2.20. The van der Waals surface area contributed by atoms with E-state index in [9.17, 15) is 0 Å². The van der Waals surface area contributed by atoms with Gasteiger partial charge in [-0.3, -0.25) is 4.98 Å². The quantitative estimate of drug-likeness (QED) is 0.382. The molecule has 0 atom stereocenters. The van der Waals surface area contributed by atoms with Crippen molar-refractivity contribution in [1.29, 1.82) is 0 Å². The van der Waals surface area contributed by atoms with E-state index in [2.05, 4.69) is 49.4 Å². The van der Waals surface area contributed by atoms with Gasteiger partial charge in [-0.15, -0.1) is 0 Å². The van der Waals surface area contributed by atoms with Gasteiger partial charge in [-0.2, -0.15) is 15.1 Å². The Labute approximate surface area is 179 Å². The number of aromatic amines is 1. The van der Waals surface area contributed by atoms with Gasteiger partial charge in [0, 0.05) is 31.0 Å². The van der Waals surface area contributed by atoms with Crippen LogP contribution in [-0.2, 0) is 4.74 Å². The molecule has 0 unspecified atom stereocenters. The van der Waals surface area contributed by atoms with Gasteiger partial charge in [0.15, 0.2) is 17.0 Å². The second-order valence-corrected chi connectivity index (χ2v) is 7.27. The Morgan fingerprint density at radius 1 is 1.10 bits per heavy atom. The summed E-state index contributed by atoms with van der Waals surface area (Å²) in [5.41, 5.74) is 7.46. The topological polar surface area (TPSA) is 104 Å². The number of pyridine rings is 1. The fourth-order valence-electron chi connectivity index (χ4n) is 3.49. The fraction of sp³-hybridized carbons (Fsp3) is 0.227. The van der Waals surface area contributed by atoms with E-state index in [1.165, 1.54) is 5.56 Å². The number of H-pyrrole nitrogens is 1. The zero-order valence-corrected chi connectivity index (χ0v) is 17.1. The van der Waals surface area contributed by atoms with Crippen molar-refractivity contribution in [2.45, 2.75) is 6.92 Å². The first kappa shape index (κ1) is 19.1. The van der Waals surface area contributed by atoms with Gasteiger partial charge in [-0.25, -0.2) is 10.4 Å². The molecule has 0 bridgehead atoms. The minimum atomic E-state index is 0.405. The van der Waals surface area contributed by atoms with Gasteiger partial charge >= 0.3 is 0 Å². The van der Waals surface area contributed by atoms with Gasteiger partial charge < -0.3 is 14.6 Å².